The van der Waals surface area contributed by atoms with E-state index in [0.717, 1.165) is 48.7 Å². The molecule has 1 N–H and O–H groups in total. The molecule has 5 rings (SSSR count). The highest BCUT2D eigenvalue weighted by atomic mass is 19.1. The number of rotatable bonds is 7. The number of amides is 2. The molecule has 0 bridgehead atoms. The van der Waals surface area contributed by atoms with Crippen molar-refractivity contribution in [1.82, 2.24) is 15.1 Å². The first-order valence-electron chi connectivity index (χ1n) is 12.3. The van der Waals surface area contributed by atoms with Crippen molar-refractivity contribution in [2.75, 3.05) is 39.9 Å². The minimum Gasteiger partial charge on any atom is -0.383 e. The zero-order valence-electron chi connectivity index (χ0n) is 19.7. The van der Waals surface area contributed by atoms with Crippen LogP contribution in [0.2, 0.25) is 0 Å². The summed E-state index contributed by atoms with van der Waals surface area (Å²) in [6, 6.07) is 11.1. The summed E-state index contributed by atoms with van der Waals surface area (Å²) in [5.74, 6) is -0.691. The quantitative estimate of drug-likeness (QED) is 0.636. The smallest absolute Gasteiger partial charge is 0.254 e. The fourth-order valence-corrected chi connectivity index (χ4v) is 5.39. The van der Waals surface area contributed by atoms with Gasteiger partial charge in [-0.3, -0.25) is 14.5 Å². The second-order valence-corrected chi connectivity index (χ2v) is 9.59. The Kier molecular flexibility index (Phi) is 6.66. The van der Waals surface area contributed by atoms with Gasteiger partial charge in [-0.05, 0) is 55.0 Å². The topological polar surface area (TPSA) is 61.9 Å². The van der Waals surface area contributed by atoms with Crippen LogP contribution < -0.4 is 5.32 Å². The van der Waals surface area contributed by atoms with Gasteiger partial charge in [0.15, 0.2) is 0 Å². The van der Waals surface area contributed by atoms with E-state index < -0.39 is 5.82 Å². The van der Waals surface area contributed by atoms with E-state index >= 15 is 0 Å². The summed E-state index contributed by atoms with van der Waals surface area (Å²) in [7, 11) is 1.56. The number of fused-ring (bicyclic) bond motifs is 1. The highest BCUT2D eigenvalue weighted by molar-refractivity contribution is 5.98. The number of nitrogens with zero attached hydrogens (tertiary/aromatic N) is 2. The number of carbonyl (C=O) groups excluding carboxylic acids is 2. The van der Waals surface area contributed by atoms with Crippen LogP contribution in [0.5, 0.6) is 0 Å². The van der Waals surface area contributed by atoms with Gasteiger partial charge in [0.1, 0.15) is 5.82 Å². The number of ether oxygens (including phenoxy) is 1. The first-order chi connectivity index (χ1) is 16.5. The monoisotopic (exact) mass is 465 g/mol. The number of hydrogen-bond donors (Lipinski definition) is 1. The molecule has 1 saturated carbocycles. The summed E-state index contributed by atoms with van der Waals surface area (Å²) in [5, 5.41) is 2.70. The van der Waals surface area contributed by atoms with Gasteiger partial charge in [0.25, 0.3) is 11.8 Å². The summed E-state index contributed by atoms with van der Waals surface area (Å²) in [6.45, 7) is 3.55. The van der Waals surface area contributed by atoms with Crippen LogP contribution in [0.25, 0.3) is 11.1 Å². The Morgan fingerprint density at radius 1 is 1.09 bits per heavy atom. The molecule has 2 aromatic carbocycles. The van der Waals surface area contributed by atoms with Gasteiger partial charge in [-0.2, -0.15) is 0 Å². The Morgan fingerprint density at radius 3 is 2.65 bits per heavy atom. The maximum absolute atomic E-state index is 14.9. The number of likely N-dealkylation sites (tertiary alicyclic amines) is 1. The molecule has 7 heteroatoms. The lowest BCUT2D eigenvalue weighted by Crippen LogP contribution is -2.47. The Labute approximate surface area is 200 Å². The minimum atomic E-state index is -0.454. The van der Waals surface area contributed by atoms with E-state index in [0.29, 0.717) is 31.3 Å². The second-order valence-electron chi connectivity index (χ2n) is 9.59. The van der Waals surface area contributed by atoms with Crippen molar-refractivity contribution in [2.45, 2.75) is 44.2 Å². The summed E-state index contributed by atoms with van der Waals surface area (Å²) >= 11 is 0. The molecule has 34 heavy (non-hydrogen) atoms. The van der Waals surface area contributed by atoms with Crippen molar-refractivity contribution in [3.63, 3.8) is 0 Å². The number of benzene rings is 2. The van der Waals surface area contributed by atoms with E-state index in [-0.39, 0.29) is 17.4 Å². The highest BCUT2D eigenvalue weighted by Gasteiger charge is 2.37. The number of carbonyl (C=O) groups is 2. The van der Waals surface area contributed by atoms with Crippen LogP contribution in [0.4, 0.5) is 4.39 Å². The third-order valence-electron chi connectivity index (χ3n) is 7.58. The number of methoxy groups -OCH3 is 1. The van der Waals surface area contributed by atoms with Crippen LogP contribution in [0, 0.1) is 5.82 Å². The van der Waals surface area contributed by atoms with Crippen LogP contribution in [0.3, 0.4) is 0 Å². The van der Waals surface area contributed by atoms with Gasteiger partial charge < -0.3 is 15.0 Å². The molecule has 180 valence electrons. The number of halogens is 1. The Bertz CT molecular complexity index is 1080. The fourth-order valence-electron chi connectivity index (χ4n) is 5.39. The molecule has 0 spiro atoms. The SMILES string of the molecule is COCCNC(=O)c1ccc(-c2ccc3c(c2)CCN(C2CCN(C4CCC4)C2)C3=O)c(F)c1. The molecule has 1 saturated heterocycles. The second kappa shape index (κ2) is 9.84. The molecule has 1 aliphatic carbocycles. The first-order valence-corrected chi connectivity index (χ1v) is 12.3. The molecular formula is C27H32FN3O3. The molecule has 2 aliphatic heterocycles. The van der Waals surface area contributed by atoms with Crippen molar-refractivity contribution in [3.05, 3.63) is 58.9 Å². The van der Waals surface area contributed by atoms with Crippen LogP contribution >= 0.6 is 0 Å². The molecule has 2 amide bonds. The normalized spacial score (nSPS) is 20.8. The first kappa shape index (κ1) is 23.0. The van der Waals surface area contributed by atoms with Crippen molar-refractivity contribution >= 4 is 11.8 Å². The maximum Gasteiger partial charge on any atom is 0.254 e. The Balaban J connectivity index is 1.29. The summed E-state index contributed by atoms with van der Waals surface area (Å²) in [4.78, 5) is 30.1. The molecule has 6 nitrogen and oxygen atoms in total. The maximum atomic E-state index is 14.9. The van der Waals surface area contributed by atoms with E-state index in [4.69, 9.17) is 4.74 Å². The lowest BCUT2D eigenvalue weighted by atomic mass is 9.91. The molecule has 1 unspecified atom stereocenters. The van der Waals surface area contributed by atoms with Crippen LogP contribution in [0.15, 0.2) is 36.4 Å². The largest absolute Gasteiger partial charge is 0.383 e. The molecule has 2 fully saturated rings. The van der Waals surface area contributed by atoms with E-state index in [1.54, 1.807) is 19.2 Å². The molecule has 0 radical (unpaired) electrons. The molecule has 3 aliphatic rings. The zero-order chi connectivity index (χ0) is 23.7. The van der Waals surface area contributed by atoms with Crippen molar-refractivity contribution in [3.8, 4) is 11.1 Å². The lowest BCUT2D eigenvalue weighted by molar-refractivity contribution is 0.0646. The van der Waals surface area contributed by atoms with Crippen molar-refractivity contribution in [1.29, 1.82) is 0 Å². The van der Waals surface area contributed by atoms with E-state index in [2.05, 4.69) is 15.1 Å². The number of hydrogen-bond acceptors (Lipinski definition) is 4. The van der Waals surface area contributed by atoms with Gasteiger partial charge in [-0.25, -0.2) is 4.39 Å². The van der Waals surface area contributed by atoms with E-state index in [9.17, 15) is 14.0 Å². The van der Waals surface area contributed by atoms with Gasteiger partial charge in [0.2, 0.25) is 0 Å². The molecule has 2 heterocycles. The van der Waals surface area contributed by atoms with E-state index in [1.807, 2.05) is 18.2 Å². The highest BCUT2D eigenvalue weighted by Crippen LogP contribution is 2.33. The minimum absolute atomic E-state index is 0.0943. The average molecular weight is 466 g/mol. The summed E-state index contributed by atoms with van der Waals surface area (Å²) in [5.41, 5.74) is 3.12. The summed E-state index contributed by atoms with van der Waals surface area (Å²) in [6.07, 6.45) is 5.74. The van der Waals surface area contributed by atoms with Crippen LogP contribution in [-0.4, -0.2) is 73.6 Å². The van der Waals surface area contributed by atoms with Gasteiger partial charge in [-0.1, -0.05) is 24.6 Å². The van der Waals surface area contributed by atoms with Crippen molar-refractivity contribution in [2.24, 2.45) is 0 Å². The predicted molar refractivity (Wildman–Crippen MR) is 128 cm³/mol. The van der Waals surface area contributed by atoms with Crippen LogP contribution in [0.1, 0.15) is 52.0 Å². The third-order valence-corrected chi connectivity index (χ3v) is 7.58. The summed E-state index contributed by atoms with van der Waals surface area (Å²) < 4.78 is 19.8. The molecule has 0 aromatic heterocycles. The zero-order valence-corrected chi connectivity index (χ0v) is 19.7. The number of nitrogens with one attached hydrogen (secondary N) is 1. The molecule has 1 atom stereocenters. The fraction of sp³-hybridized carbons (Fsp3) is 0.481. The average Bonchev–Trinajstić information content (AvgIpc) is 3.27. The van der Waals surface area contributed by atoms with Gasteiger partial charge in [-0.15, -0.1) is 0 Å². The van der Waals surface area contributed by atoms with Gasteiger partial charge in [0, 0.05) is 62.1 Å². The van der Waals surface area contributed by atoms with Crippen molar-refractivity contribution < 1.29 is 18.7 Å². The molecular weight excluding hydrogens is 433 g/mol. The van der Waals surface area contributed by atoms with Gasteiger partial charge in [0.05, 0.1) is 6.61 Å². The lowest BCUT2D eigenvalue weighted by Gasteiger charge is -2.37. The third kappa shape index (κ3) is 4.46. The molecule has 2 aromatic rings. The van der Waals surface area contributed by atoms with Gasteiger partial charge >= 0.3 is 0 Å². The predicted octanol–water partition coefficient (Wildman–Crippen LogP) is 3.49. The van der Waals surface area contributed by atoms with E-state index in [1.165, 1.54) is 25.3 Å². The Morgan fingerprint density at radius 2 is 1.91 bits per heavy atom. The van der Waals surface area contributed by atoms with Crippen LogP contribution in [-0.2, 0) is 11.2 Å². The standard InChI is InChI=1S/C27H32FN3O3/c1-34-14-11-29-26(32)20-6-7-23(25(28)16-20)18-5-8-24-19(15-18)9-13-31(27(24)33)22-10-12-30(17-22)21-3-2-4-21/h5-8,15-16,21-22H,2-4,9-14,17H2,1H3,(H,29,32). The Hall–Kier alpha value is -2.77.